The third-order valence-corrected chi connectivity index (χ3v) is 19.4. The number of allylic oxidation sites excluding steroid dienone is 18. The Bertz CT molecular complexity index is 2310. The van der Waals surface area contributed by atoms with Gasteiger partial charge in [0.25, 0.3) is 0 Å². The van der Waals surface area contributed by atoms with E-state index in [9.17, 15) is 43.5 Å². The molecule has 0 aliphatic heterocycles. The topological polar surface area (TPSA) is 231 Å². The molecule has 0 aromatic carbocycles. The molecule has 0 fully saturated rings. The van der Waals surface area contributed by atoms with Crippen LogP contribution in [0.4, 0.5) is 0 Å². The highest BCUT2D eigenvalue weighted by Gasteiger charge is 2.29. The molecule has 5 atom stereocenters. The predicted octanol–water partition coefficient (Wildman–Crippen LogP) is 24.3. The summed E-state index contributed by atoms with van der Waals surface area (Å²) in [4.78, 5) is 58.7. The minimum absolute atomic E-state index is 0.103. The normalized spacial score (nSPS) is 14.5. The number of hydrogen-bond donors (Lipinski definition) is 4. The van der Waals surface area contributed by atoms with Crippen LogP contribution in [0.3, 0.4) is 0 Å². The van der Waals surface area contributed by atoms with E-state index in [1.807, 2.05) is 0 Å². The van der Waals surface area contributed by atoms with Gasteiger partial charge in [0, 0.05) is 19.3 Å². The molecule has 0 radical (unpaired) electrons. The van der Waals surface area contributed by atoms with Gasteiger partial charge < -0.3 is 34.2 Å². The lowest BCUT2D eigenvalue weighted by Gasteiger charge is -2.21. The number of unbranched alkanes of at least 4 members (excludes halogenated alkanes) is 37. The summed E-state index contributed by atoms with van der Waals surface area (Å²) in [5.74, 6) is -1.58. The van der Waals surface area contributed by atoms with Crippen molar-refractivity contribution in [2.24, 2.45) is 0 Å². The van der Waals surface area contributed by atoms with Gasteiger partial charge in [0.15, 0.2) is 6.10 Å². The maximum absolute atomic E-state index is 13.0. The maximum atomic E-state index is 13.0. The molecule has 0 aromatic rings. The number of carbonyl (C=O) groups excluding carboxylic acids is 3. The zero-order chi connectivity index (χ0) is 75.2. The number of carbonyl (C=O) groups is 3. The van der Waals surface area contributed by atoms with Crippen LogP contribution in [0.5, 0.6) is 0 Å². The molecule has 5 unspecified atom stereocenters. The Hall–Kier alpha value is -3.79. The minimum Gasteiger partial charge on any atom is -0.463 e. The smallest absolute Gasteiger partial charge is 0.463 e. The van der Waals surface area contributed by atoms with Crippen LogP contribution < -0.4 is 0 Å². The Kier molecular flexibility index (Phi) is 74.9. The lowest BCUT2D eigenvalue weighted by molar-refractivity contribution is -0.161. The van der Waals surface area contributed by atoms with Crippen LogP contribution >= 0.6 is 15.6 Å². The third kappa shape index (κ3) is 79.1. The number of rotatable bonds is 78. The van der Waals surface area contributed by atoms with Gasteiger partial charge in [-0.25, -0.2) is 9.13 Å². The molecule has 0 spiro atoms. The van der Waals surface area contributed by atoms with Crippen LogP contribution in [0, 0.1) is 0 Å². The largest absolute Gasteiger partial charge is 0.472 e. The summed E-state index contributed by atoms with van der Waals surface area (Å²) in [7, 11) is -9.79. The summed E-state index contributed by atoms with van der Waals surface area (Å²) in [5, 5.41) is 20.7. The molecule has 0 rings (SSSR count). The van der Waals surface area contributed by atoms with Crippen molar-refractivity contribution in [1.29, 1.82) is 0 Å². The molecule has 0 bridgehead atoms. The van der Waals surface area contributed by atoms with Crippen molar-refractivity contribution in [3.8, 4) is 0 Å². The number of hydrogen-bond acceptors (Lipinski definition) is 14. The zero-order valence-corrected chi connectivity index (χ0v) is 67.0. The maximum Gasteiger partial charge on any atom is 0.472 e. The van der Waals surface area contributed by atoms with Crippen LogP contribution in [-0.2, 0) is 55.8 Å². The predicted molar refractivity (Wildman–Crippen MR) is 427 cm³/mol. The number of phosphoric ester groups is 2. The van der Waals surface area contributed by atoms with E-state index in [2.05, 4.69) is 130 Å². The van der Waals surface area contributed by atoms with Gasteiger partial charge in [-0.15, -0.1) is 0 Å². The van der Waals surface area contributed by atoms with Gasteiger partial charge in [-0.2, -0.15) is 0 Å². The quantitative estimate of drug-likeness (QED) is 0.0146. The van der Waals surface area contributed by atoms with Crippen LogP contribution in [0.1, 0.15) is 355 Å². The number of phosphoric acid groups is 2. The number of aliphatic hydroxyl groups excluding tert-OH is 2. The van der Waals surface area contributed by atoms with Crippen molar-refractivity contribution in [2.45, 2.75) is 373 Å². The second-order valence-electron chi connectivity index (χ2n) is 27.6. The van der Waals surface area contributed by atoms with Crippen molar-refractivity contribution in [3.63, 3.8) is 0 Å². The van der Waals surface area contributed by atoms with Crippen molar-refractivity contribution >= 4 is 33.6 Å². The first-order chi connectivity index (χ1) is 50.2. The Balaban J connectivity index is 4.49. The lowest BCUT2D eigenvalue weighted by atomic mass is 10.0. The summed E-state index contributed by atoms with van der Waals surface area (Å²) >= 11 is 0. The molecule has 0 saturated heterocycles. The van der Waals surface area contributed by atoms with E-state index in [0.29, 0.717) is 19.3 Å². The molecule has 0 saturated carbocycles. The highest BCUT2D eigenvalue weighted by atomic mass is 31.2. The Morgan fingerprint density at radius 3 is 0.835 bits per heavy atom. The van der Waals surface area contributed by atoms with Crippen LogP contribution in [-0.4, -0.2) is 95.9 Å². The van der Waals surface area contributed by atoms with E-state index in [1.165, 1.54) is 167 Å². The summed E-state index contributed by atoms with van der Waals surface area (Å²) in [6, 6.07) is 0. The molecule has 18 heteroatoms. The molecule has 103 heavy (non-hydrogen) atoms. The number of ether oxygens (including phenoxy) is 3. The molecule has 0 aliphatic rings. The molecule has 4 N–H and O–H groups in total. The summed E-state index contributed by atoms with van der Waals surface area (Å²) in [6.45, 7) is 2.56. The second-order valence-corrected chi connectivity index (χ2v) is 30.5. The molecule has 0 amide bonds. The summed E-state index contributed by atoms with van der Waals surface area (Å²) < 4.78 is 61.2. The molecule has 0 aromatic heterocycles. The van der Waals surface area contributed by atoms with Gasteiger partial charge in [0.2, 0.25) is 0 Å². The Morgan fingerprint density at radius 1 is 0.282 bits per heavy atom. The van der Waals surface area contributed by atoms with Crippen molar-refractivity contribution < 1.29 is 75.8 Å². The summed E-state index contributed by atoms with van der Waals surface area (Å²) in [6.07, 6.45) is 91.4. The first-order valence-corrected chi connectivity index (χ1v) is 44.2. The second kappa shape index (κ2) is 77.8. The van der Waals surface area contributed by atoms with Crippen molar-refractivity contribution in [1.82, 2.24) is 0 Å². The van der Waals surface area contributed by atoms with E-state index in [1.54, 1.807) is 0 Å². The van der Waals surface area contributed by atoms with E-state index in [4.69, 9.17) is 32.3 Å². The average molecular weight is 1490 g/mol. The first-order valence-electron chi connectivity index (χ1n) is 41.2. The standard InChI is InChI=1S/C85H150O16P2/c1-4-7-10-13-16-19-22-25-28-30-32-34-35-36-37-38-39-40-41-42-43-45-47-48-51-53-56-59-62-65-68-71-83(88)95-74-80(86)75-97-102(91,92)98-76-81(87)77-99-103(93,94)100-79-82(101-85(90)73-70-67-64-61-58-55-50-27-24-21-18-15-12-9-6-3)78-96-84(89)72-69-66-63-60-57-54-52-49-46-44-33-31-29-26-23-20-17-14-11-8-5-2/h8,11,16-17,19-20,25-26,28-29,32-34,36-37,44,49,52,80-82,86-87H,4-7,9-10,12-15,18,21-24,27,30-31,35,38-43,45-48,50-51,53-79H2,1-3H3,(H,91,92)(H,93,94)/b11-8-,19-16-,20-17-,28-25-,29-26-,34-32-,37-36-,44-33-,52-49-. The van der Waals surface area contributed by atoms with Crippen LogP contribution in [0.15, 0.2) is 109 Å². The van der Waals surface area contributed by atoms with Crippen molar-refractivity contribution in [3.05, 3.63) is 109 Å². The zero-order valence-electron chi connectivity index (χ0n) is 65.2. The lowest BCUT2D eigenvalue weighted by Crippen LogP contribution is -2.30. The fourth-order valence-corrected chi connectivity index (χ4v) is 12.8. The van der Waals surface area contributed by atoms with Gasteiger partial charge in [0.05, 0.1) is 26.4 Å². The fourth-order valence-electron chi connectivity index (χ4n) is 11.2. The SMILES string of the molecule is CC/C=C\C/C=C\C/C=C\C/C=C\C/C=C\CCCCCCCC(=O)OCC(COP(=O)(O)OCC(O)COP(=O)(O)OCC(O)COC(=O)CCCCCCCCCCCCCCCCC/C=C\C/C=C\C/C=C\C/C=C\CCCCC)OC(=O)CCCCCCCCCCCCCCCCC. The van der Waals surface area contributed by atoms with E-state index >= 15 is 0 Å². The van der Waals surface area contributed by atoms with Crippen LogP contribution in [0.25, 0.3) is 0 Å². The molecule has 0 heterocycles. The highest BCUT2D eigenvalue weighted by Crippen LogP contribution is 2.45. The number of aliphatic hydroxyl groups is 2. The molecular formula is C85H150O16P2. The van der Waals surface area contributed by atoms with Gasteiger partial charge >= 0.3 is 33.6 Å². The van der Waals surface area contributed by atoms with Gasteiger partial charge in [-0.1, -0.05) is 336 Å². The average Bonchev–Trinajstić information content (AvgIpc) is 0.924. The minimum atomic E-state index is -4.93. The summed E-state index contributed by atoms with van der Waals surface area (Å²) in [5.41, 5.74) is 0. The van der Waals surface area contributed by atoms with Crippen molar-refractivity contribution in [2.75, 3.05) is 39.6 Å². The fraction of sp³-hybridized carbons (Fsp3) is 0.753. The highest BCUT2D eigenvalue weighted by molar-refractivity contribution is 7.47. The molecule has 16 nitrogen and oxygen atoms in total. The van der Waals surface area contributed by atoms with Gasteiger partial charge in [-0.3, -0.25) is 32.5 Å². The Morgan fingerprint density at radius 2 is 0.515 bits per heavy atom. The molecular weight excluding hydrogens is 1340 g/mol. The van der Waals surface area contributed by atoms with E-state index in [-0.39, 0.29) is 19.3 Å². The number of esters is 3. The first kappa shape index (κ1) is 99.2. The molecule has 0 aliphatic carbocycles. The van der Waals surface area contributed by atoms with Gasteiger partial charge in [0.1, 0.15) is 25.4 Å². The molecule has 596 valence electrons. The van der Waals surface area contributed by atoms with Gasteiger partial charge in [-0.05, 0) is 109 Å². The Labute approximate surface area is 628 Å². The van der Waals surface area contributed by atoms with E-state index in [0.717, 1.165) is 128 Å². The van der Waals surface area contributed by atoms with Crippen LogP contribution in [0.2, 0.25) is 0 Å². The monoisotopic (exact) mass is 1490 g/mol. The third-order valence-electron chi connectivity index (χ3n) is 17.5. The van der Waals surface area contributed by atoms with E-state index < -0.39 is 91.5 Å².